The molecule has 2 rings (SSSR count). The minimum absolute atomic E-state index is 0.200. The highest BCUT2D eigenvalue weighted by Crippen LogP contribution is 2.19. The lowest BCUT2D eigenvalue weighted by Crippen LogP contribution is -2.13. The number of carbonyl (C=O) groups is 1. The number of aryl methyl sites for hydroxylation is 1. The number of carbonyl (C=O) groups excluding carboxylic acids is 1. The minimum atomic E-state index is -3.64. The van der Waals surface area contributed by atoms with Crippen LogP contribution in [0.15, 0.2) is 53.4 Å². The first-order chi connectivity index (χ1) is 10.9. The quantitative estimate of drug-likeness (QED) is 0.879. The molecule has 23 heavy (non-hydrogen) atoms. The van der Waals surface area contributed by atoms with Gasteiger partial charge in [-0.2, -0.15) is 0 Å². The van der Waals surface area contributed by atoms with Gasteiger partial charge >= 0.3 is 6.09 Å². The van der Waals surface area contributed by atoms with Crippen LogP contribution in [0.25, 0.3) is 0 Å². The molecule has 0 bridgehead atoms. The van der Waals surface area contributed by atoms with Crippen LogP contribution in [0.2, 0.25) is 0 Å². The third-order valence-electron chi connectivity index (χ3n) is 3.21. The Bertz CT molecular complexity index is 769. The summed E-state index contributed by atoms with van der Waals surface area (Å²) in [6.45, 7) is 2.01. The molecular weight excluding hydrogens is 316 g/mol. The highest BCUT2D eigenvalue weighted by atomic mass is 32.2. The Morgan fingerprint density at radius 1 is 1.00 bits per heavy atom. The van der Waals surface area contributed by atoms with Gasteiger partial charge in [-0.15, -0.1) is 0 Å². The number of nitrogens with one attached hydrogen (secondary N) is 2. The van der Waals surface area contributed by atoms with Gasteiger partial charge in [-0.3, -0.25) is 10.0 Å². The summed E-state index contributed by atoms with van der Waals surface area (Å²) in [4.78, 5) is 11.3. The van der Waals surface area contributed by atoms with E-state index in [-0.39, 0.29) is 4.90 Å². The second-order valence-electron chi connectivity index (χ2n) is 4.80. The van der Waals surface area contributed by atoms with Gasteiger partial charge in [0.05, 0.1) is 12.0 Å². The lowest BCUT2D eigenvalue weighted by atomic mass is 10.2. The molecule has 0 aromatic heterocycles. The van der Waals surface area contributed by atoms with Crippen LogP contribution in [-0.4, -0.2) is 21.6 Å². The summed E-state index contributed by atoms with van der Waals surface area (Å²) in [5.74, 6) is 0. The number of benzene rings is 2. The number of anilines is 2. The van der Waals surface area contributed by atoms with E-state index in [0.717, 1.165) is 12.0 Å². The number of amides is 1. The summed E-state index contributed by atoms with van der Waals surface area (Å²) in [6, 6.07) is 13.0. The van der Waals surface area contributed by atoms with Crippen LogP contribution in [0, 0.1) is 0 Å². The van der Waals surface area contributed by atoms with Crippen LogP contribution < -0.4 is 10.0 Å². The Morgan fingerprint density at radius 3 is 2.09 bits per heavy atom. The highest BCUT2D eigenvalue weighted by molar-refractivity contribution is 7.92. The third kappa shape index (κ3) is 4.46. The van der Waals surface area contributed by atoms with Gasteiger partial charge in [-0.25, -0.2) is 13.2 Å². The molecule has 0 aliphatic heterocycles. The molecule has 0 heterocycles. The fourth-order valence-corrected chi connectivity index (χ4v) is 2.97. The molecule has 0 fully saturated rings. The standard InChI is InChI=1S/C16H18N2O4S/c1-3-12-4-10-15(11-5-12)23(20,21)18-14-8-6-13(7-9-14)17-16(19)22-2/h4-11,18H,3H2,1-2H3,(H,17,19). The van der Waals surface area contributed by atoms with Crippen molar-refractivity contribution in [1.29, 1.82) is 0 Å². The zero-order valence-corrected chi connectivity index (χ0v) is 13.7. The average molecular weight is 334 g/mol. The van der Waals surface area contributed by atoms with Gasteiger partial charge in [0, 0.05) is 11.4 Å². The summed E-state index contributed by atoms with van der Waals surface area (Å²) in [6.07, 6.45) is 0.261. The normalized spacial score (nSPS) is 10.9. The zero-order valence-electron chi connectivity index (χ0n) is 12.9. The van der Waals surface area contributed by atoms with Crippen molar-refractivity contribution in [3.05, 3.63) is 54.1 Å². The lowest BCUT2D eigenvalue weighted by Gasteiger charge is -2.09. The van der Waals surface area contributed by atoms with Crippen LogP contribution >= 0.6 is 0 Å². The van der Waals surface area contributed by atoms with E-state index in [9.17, 15) is 13.2 Å². The summed E-state index contributed by atoms with van der Waals surface area (Å²) < 4.78 is 31.6. The molecular formula is C16H18N2O4S. The molecule has 0 unspecified atom stereocenters. The van der Waals surface area contributed by atoms with Crippen molar-refractivity contribution in [3.8, 4) is 0 Å². The van der Waals surface area contributed by atoms with Crippen molar-refractivity contribution in [2.45, 2.75) is 18.2 Å². The molecule has 6 nitrogen and oxygen atoms in total. The molecule has 0 aliphatic carbocycles. The Balaban J connectivity index is 2.12. The number of sulfonamides is 1. The summed E-state index contributed by atoms with van der Waals surface area (Å²) in [5.41, 5.74) is 1.98. The van der Waals surface area contributed by atoms with E-state index in [0.29, 0.717) is 11.4 Å². The Hall–Kier alpha value is -2.54. The van der Waals surface area contributed by atoms with Crippen LogP contribution in [0.1, 0.15) is 12.5 Å². The fourth-order valence-electron chi connectivity index (χ4n) is 1.91. The Kier molecular flexibility index (Phi) is 5.23. The van der Waals surface area contributed by atoms with E-state index in [1.165, 1.54) is 7.11 Å². The van der Waals surface area contributed by atoms with Crippen molar-refractivity contribution >= 4 is 27.5 Å². The molecule has 0 spiro atoms. The summed E-state index contributed by atoms with van der Waals surface area (Å²) in [5, 5.41) is 2.49. The largest absolute Gasteiger partial charge is 0.453 e. The predicted octanol–water partition coefficient (Wildman–Crippen LogP) is 3.23. The fraction of sp³-hybridized carbons (Fsp3) is 0.188. The van der Waals surface area contributed by atoms with Gasteiger partial charge in [0.2, 0.25) is 0 Å². The molecule has 2 aromatic rings. The van der Waals surface area contributed by atoms with Crippen LogP contribution in [-0.2, 0) is 21.2 Å². The highest BCUT2D eigenvalue weighted by Gasteiger charge is 2.14. The molecule has 0 saturated carbocycles. The number of methoxy groups -OCH3 is 1. The van der Waals surface area contributed by atoms with Crippen molar-refractivity contribution in [1.82, 2.24) is 0 Å². The molecule has 2 N–H and O–H groups in total. The number of hydrogen-bond acceptors (Lipinski definition) is 4. The van der Waals surface area contributed by atoms with E-state index < -0.39 is 16.1 Å². The summed E-state index contributed by atoms with van der Waals surface area (Å²) in [7, 11) is -2.38. The van der Waals surface area contributed by atoms with E-state index in [4.69, 9.17) is 0 Å². The molecule has 122 valence electrons. The average Bonchev–Trinajstić information content (AvgIpc) is 2.56. The van der Waals surface area contributed by atoms with Crippen LogP contribution in [0.3, 0.4) is 0 Å². The van der Waals surface area contributed by atoms with E-state index in [2.05, 4.69) is 14.8 Å². The maximum atomic E-state index is 12.3. The molecule has 7 heteroatoms. The van der Waals surface area contributed by atoms with Gasteiger partial charge in [0.25, 0.3) is 10.0 Å². The second-order valence-corrected chi connectivity index (χ2v) is 6.48. The van der Waals surface area contributed by atoms with Crippen molar-refractivity contribution < 1.29 is 17.9 Å². The van der Waals surface area contributed by atoms with Crippen LogP contribution in [0.4, 0.5) is 16.2 Å². The van der Waals surface area contributed by atoms with Gasteiger partial charge in [0.15, 0.2) is 0 Å². The topological polar surface area (TPSA) is 84.5 Å². The van der Waals surface area contributed by atoms with E-state index >= 15 is 0 Å². The lowest BCUT2D eigenvalue weighted by molar-refractivity contribution is 0.187. The maximum absolute atomic E-state index is 12.3. The monoisotopic (exact) mass is 334 g/mol. The molecule has 0 aliphatic rings. The van der Waals surface area contributed by atoms with Gasteiger partial charge < -0.3 is 4.74 Å². The maximum Gasteiger partial charge on any atom is 0.411 e. The van der Waals surface area contributed by atoms with Crippen molar-refractivity contribution in [2.75, 3.05) is 17.1 Å². The van der Waals surface area contributed by atoms with Gasteiger partial charge in [0.1, 0.15) is 0 Å². The predicted molar refractivity (Wildman–Crippen MR) is 89.1 cm³/mol. The molecule has 0 atom stereocenters. The molecule has 0 saturated heterocycles. The SMILES string of the molecule is CCc1ccc(S(=O)(=O)Nc2ccc(NC(=O)OC)cc2)cc1. The van der Waals surface area contributed by atoms with Crippen LogP contribution in [0.5, 0.6) is 0 Å². The number of hydrogen-bond donors (Lipinski definition) is 2. The van der Waals surface area contributed by atoms with Gasteiger partial charge in [-0.1, -0.05) is 19.1 Å². The third-order valence-corrected chi connectivity index (χ3v) is 4.61. The first kappa shape index (κ1) is 16.8. The molecule has 0 radical (unpaired) electrons. The minimum Gasteiger partial charge on any atom is -0.453 e. The smallest absolute Gasteiger partial charge is 0.411 e. The van der Waals surface area contributed by atoms with Crippen molar-refractivity contribution in [3.63, 3.8) is 0 Å². The first-order valence-corrected chi connectivity index (χ1v) is 8.49. The molecule has 2 aromatic carbocycles. The second kappa shape index (κ2) is 7.15. The first-order valence-electron chi connectivity index (χ1n) is 7.01. The molecule has 1 amide bonds. The Morgan fingerprint density at radius 2 is 1.57 bits per heavy atom. The number of ether oxygens (including phenoxy) is 1. The van der Waals surface area contributed by atoms with E-state index in [1.807, 2.05) is 6.92 Å². The van der Waals surface area contributed by atoms with Gasteiger partial charge in [-0.05, 0) is 48.4 Å². The number of rotatable bonds is 5. The zero-order chi connectivity index (χ0) is 16.9. The van der Waals surface area contributed by atoms with E-state index in [1.54, 1.807) is 48.5 Å². The van der Waals surface area contributed by atoms with Crippen molar-refractivity contribution in [2.24, 2.45) is 0 Å². The summed E-state index contributed by atoms with van der Waals surface area (Å²) >= 11 is 0. The Labute approximate surface area is 135 Å².